The van der Waals surface area contributed by atoms with E-state index in [1.54, 1.807) is 0 Å². The highest BCUT2D eigenvalue weighted by Crippen LogP contribution is 2.35. The molecule has 1 aliphatic carbocycles. The number of aryl methyl sites for hydroxylation is 1. The van der Waals surface area contributed by atoms with Crippen LogP contribution in [0.5, 0.6) is 0 Å². The van der Waals surface area contributed by atoms with Crippen LogP contribution >= 0.6 is 0 Å². The lowest BCUT2D eigenvalue weighted by atomic mass is 9.75. The van der Waals surface area contributed by atoms with Crippen molar-refractivity contribution < 1.29 is 0 Å². The van der Waals surface area contributed by atoms with Gasteiger partial charge in [0.15, 0.2) is 0 Å². The van der Waals surface area contributed by atoms with Gasteiger partial charge in [-0.15, -0.1) is 0 Å². The van der Waals surface area contributed by atoms with Gasteiger partial charge in [-0.05, 0) is 56.7 Å². The van der Waals surface area contributed by atoms with Crippen LogP contribution in [0.25, 0.3) is 0 Å². The van der Waals surface area contributed by atoms with E-state index in [1.807, 2.05) is 0 Å². The van der Waals surface area contributed by atoms with Crippen molar-refractivity contribution in [3.05, 3.63) is 29.8 Å². The Morgan fingerprint density at radius 1 is 1.14 bits per heavy atom. The van der Waals surface area contributed by atoms with E-state index in [0.29, 0.717) is 12.1 Å². The minimum atomic E-state index is 0.604. The summed E-state index contributed by atoms with van der Waals surface area (Å²) in [7, 11) is 0. The largest absolute Gasteiger partial charge is 0.367 e. The van der Waals surface area contributed by atoms with E-state index >= 15 is 0 Å². The van der Waals surface area contributed by atoms with Crippen molar-refractivity contribution in [3.8, 4) is 0 Å². The molecular formula is C19H32N2. The summed E-state index contributed by atoms with van der Waals surface area (Å²) in [6.07, 6.45) is 2.64. The predicted molar refractivity (Wildman–Crippen MR) is 93.0 cm³/mol. The van der Waals surface area contributed by atoms with Gasteiger partial charge in [-0.25, -0.2) is 0 Å². The molecule has 0 aromatic heterocycles. The first-order valence-electron chi connectivity index (χ1n) is 8.64. The van der Waals surface area contributed by atoms with E-state index < -0.39 is 0 Å². The predicted octanol–water partition coefficient (Wildman–Crippen LogP) is 4.23. The van der Waals surface area contributed by atoms with E-state index in [9.17, 15) is 0 Å². The number of likely N-dealkylation sites (N-methyl/N-ethyl adjacent to an activating group) is 2. The number of hydrogen-bond donors (Lipinski definition) is 1. The summed E-state index contributed by atoms with van der Waals surface area (Å²) in [6, 6.07) is 10.0. The second-order valence-electron chi connectivity index (χ2n) is 6.78. The average molecular weight is 288 g/mol. The normalized spacial score (nSPS) is 29.4. The van der Waals surface area contributed by atoms with Gasteiger partial charge in [0.05, 0.1) is 0 Å². The number of benzene rings is 1. The summed E-state index contributed by atoms with van der Waals surface area (Å²) >= 11 is 0. The van der Waals surface area contributed by atoms with E-state index in [4.69, 9.17) is 0 Å². The quantitative estimate of drug-likeness (QED) is 0.872. The number of para-hydroxylation sites is 1. The van der Waals surface area contributed by atoms with Crippen molar-refractivity contribution in [2.75, 3.05) is 18.0 Å². The molecule has 0 amide bonds. The van der Waals surface area contributed by atoms with Gasteiger partial charge in [0.1, 0.15) is 0 Å². The van der Waals surface area contributed by atoms with E-state index in [1.165, 1.54) is 24.1 Å². The molecule has 0 saturated heterocycles. The van der Waals surface area contributed by atoms with Gasteiger partial charge >= 0.3 is 0 Å². The van der Waals surface area contributed by atoms with E-state index in [2.05, 4.69) is 69.1 Å². The number of nitrogens with zero attached hydrogens (tertiary/aromatic N) is 1. The Hall–Kier alpha value is -1.02. The van der Waals surface area contributed by atoms with Gasteiger partial charge in [0, 0.05) is 24.3 Å². The van der Waals surface area contributed by atoms with Crippen LogP contribution in [0.4, 0.5) is 5.69 Å². The van der Waals surface area contributed by atoms with Gasteiger partial charge in [-0.3, -0.25) is 0 Å². The maximum Gasteiger partial charge on any atom is 0.0468 e. The number of anilines is 1. The van der Waals surface area contributed by atoms with Crippen molar-refractivity contribution in [1.29, 1.82) is 0 Å². The molecule has 4 atom stereocenters. The highest BCUT2D eigenvalue weighted by atomic mass is 15.2. The molecule has 2 nitrogen and oxygen atoms in total. The first-order valence-corrected chi connectivity index (χ1v) is 8.64. The topological polar surface area (TPSA) is 15.3 Å². The first-order chi connectivity index (χ1) is 10.1. The van der Waals surface area contributed by atoms with Gasteiger partial charge in [-0.1, -0.05) is 39.0 Å². The number of hydrogen-bond acceptors (Lipinski definition) is 2. The van der Waals surface area contributed by atoms with E-state index in [0.717, 1.165) is 24.9 Å². The zero-order valence-corrected chi connectivity index (χ0v) is 14.4. The molecule has 1 aromatic carbocycles. The fraction of sp³-hybridized carbons (Fsp3) is 0.684. The van der Waals surface area contributed by atoms with Crippen LogP contribution in [0.1, 0.15) is 46.1 Å². The fourth-order valence-corrected chi connectivity index (χ4v) is 4.26. The Morgan fingerprint density at radius 2 is 1.86 bits per heavy atom. The Bertz CT molecular complexity index is 443. The lowest BCUT2D eigenvalue weighted by molar-refractivity contribution is 0.197. The maximum absolute atomic E-state index is 3.76. The van der Waals surface area contributed by atoms with Gasteiger partial charge in [-0.2, -0.15) is 0 Å². The van der Waals surface area contributed by atoms with Crippen LogP contribution in [0.2, 0.25) is 0 Å². The second kappa shape index (κ2) is 7.31. The third-order valence-electron chi connectivity index (χ3n) is 5.02. The number of rotatable bonds is 5. The Labute approximate surface area is 130 Å². The highest BCUT2D eigenvalue weighted by molar-refractivity contribution is 5.54. The molecule has 4 unspecified atom stereocenters. The molecule has 0 bridgehead atoms. The van der Waals surface area contributed by atoms with E-state index in [-0.39, 0.29) is 0 Å². The molecule has 0 aliphatic heterocycles. The van der Waals surface area contributed by atoms with Crippen LogP contribution in [0, 0.1) is 18.8 Å². The second-order valence-corrected chi connectivity index (χ2v) is 6.78. The molecule has 0 heterocycles. The molecule has 21 heavy (non-hydrogen) atoms. The average Bonchev–Trinajstić information content (AvgIpc) is 2.44. The first kappa shape index (κ1) is 16.4. The number of nitrogens with one attached hydrogen (secondary N) is 1. The van der Waals surface area contributed by atoms with Crippen LogP contribution in [0.15, 0.2) is 24.3 Å². The minimum absolute atomic E-state index is 0.604. The monoisotopic (exact) mass is 288 g/mol. The molecule has 1 aromatic rings. The van der Waals surface area contributed by atoms with Gasteiger partial charge < -0.3 is 10.2 Å². The summed E-state index contributed by atoms with van der Waals surface area (Å²) in [5.74, 6) is 1.56. The summed E-state index contributed by atoms with van der Waals surface area (Å²) in [6.45, 7) is 13.7. The van der Waals surface area contributed by atoms with Crippen molar-refractivity contribution in [3.63, 3.8) is 0 Å². The standard InChI is InChI=1S/C19H32N2/c1-6-20-17-13-14(3)12-16(5)19(17)21(7-2)18-11-9-8-10-15(18)4/h8-11,14,16-17,19-20H,6-7,12-13H2,1-5H3. The van der Waals surface area contributed by atoms with Gasteiger partial charge in [0.2, 0.25) is 0 Å². The molecule has 2 rings (SSSR count). The molecule has 1 saturated carbocycles. The van der Waals surface area contributed by atoms with Crippen molar-refractivity contribution in [1.82, 2.24) is 5.32 Å². The summed E-state index contributed by atoms with van der Waals surface area (Å²) in [5.41, 5.74) is 2.80. The lowest BCUT2D eigenvalue weighted by Gasteiger charge is -2.47. The zero-order chi connectivity index (χ0) is 15.4. The molecular weight excluding hydrogens is 256 g/mol. The van der Waals surface area contributed by atoms with Crippen molar-refractivity contribution in [2.24, 2.45) is 11.8 Å². The Morgan fingerprint density at radius 3 is 2.48 bits per heavy atom. The zero-order valence-electron chi connectivity index (χ0n) is 14.4. The lowest BCUT2D eigenvalue weighted by Crippen LogP contribution is -2.57. The molecule has 0 spiro atoms. The molecule has 2 heteroatoms. The third kappa shape index (κ3) is 3.60. The van der Waals surface area contributed by atoms with Gasteiger partial charge in [0.25, 0.3) is 0 Å². The summed E-state index contributed by atoms with van der Waals surface area (Å²) < 4.78 is 0. The fourth-order valence-electron chi connectivity index (χ4n) is 4.26. The van der Waals surface area contributed by atoms with Crippen molar-refractivity contribution >= 4 is 5.69 Å². The summed E-state index contributed by atoms with van der Waals surface area (Å²) in [4.78, 5) is 2.64. The van der Waals surface area contributed by atoms with Crippen LogP contribution in [-0.2, 0) is 0 Å². The third-order valence-corrected chi connectivity index (χ3v) is 5.02. The Kier molecular flexibility index (Phi) is 5.69. The SMILES string of the molecule is CCNC1CC(C)CC(C)C1N(CC)c1ccccc1C. The minimum Gasteiger partial charge on any atom is -0.367 e. The highest BCUT2D eigenvalue weighted by Gasteiger charge is 2.37. The van der Waals surface area contributed by atoms with Crippen LogP contribution in [-0.4, -0.2) is 25.2 Å². The summed E-state index contributed by atoms with van der Waals surface area (Å²) in [5, 5.41) is 3.76. The molecule has 118 valence electrons. The van der Waals surface area contributed by atoms with Crippen LogP contribution < -0.4 is 10.2 Å². The molecule has 1 N–H and O–H groups in total. The van der Waals surface area contributed by atoms with Crippen molar-refractivity contribution in [2.45, 2.75) is 59.5 Å². The molecule has 1 fully saturated rings. The smallest absolute Gasteiger partial charge is 0.0468 e. The Balaban J connectivity index is 2.31. The maximum atomic E-state index is 3.76. The molecule has 1 aliphatic rings. The molecule has 0 radical (unpaired) electrons. The van der Waals surface area contributed by atoms with Crippen LogP contribution in [0.3, 0.4) is 0 Å².